The molecule has 0 aromatic carbocycles. The molecule has 0 aromatic rings. The zero-order chi connectivity index (χ0) is 6.53. The van der Waals surface area contributed by atoms with Crippen molar-refractivity contribution in [3.05, 3.63) is 11.8 Å². The SMILES string of the molecule is N#CC/C=C1/CCCN1. The first-order valence-electron chi connectivity index (χ1n) is 3.23. The molecule has 1 saturated heterocycles. The maximum absolute atomic E-state index is 8.20. The maximum atomic E-state index is 8.20. The van der Waals surface area contributed by atoms with Crippen LogP contribution >= 0.6 is 0 Å². The lowest BCUT2D eigenvalue weighted by Crippen LogP contribution is -2.02. The fourth-order valence-corrected chi connectivity index (χ4v) is 0.959. The van der Waals surface area contributed by atoms with Crippen molar-refractivity contribution in [2.24, 2.45) is 0 Å². The van der Waals surface area contributed by atoms with Crippen molar-refractivity contribution in [3.8, 4) is 6.07 Å². The maximum Gasteiger partial charge on any atom is 0.0664 e. The van der Waals surface area contributed by atoms with Crippen LogP contribution in [0.25, 0.3) is 0 Å². The Morgan fingerprint density at radius 2 is 2.67 bits per heavy atom. The minimum atomic E-state index is 0.544. The summed E-state index contributed by atoms with van der Waals surface area (Å²) in [5, 5.41) is 11.4. The molecule has 2 heteroatoms. The van der Waals surface area contributed by atoms with Gasteiger partial charge in [0.1, 0.15) is 0 Å². The number of hydrogen-bond acceptors (Lipinski definition) is 2. The second-order valence-corrected chi connectivity index (χ2v) is 2.12. The summed E-state index contributed by atoms with van der Waals surface area (Å²) < 4.78 is 0. The first-order chi connectivity index (χ1) is 4.43. The lowest BCUT2D eigenvalue weighted by atomic mass is 10.3. The van der Waals surface area contributed by atoms with E-state index in [-0.39, 0.29) is 0 Å². The van der Waals surface area contributed by atoms with E-state index in [1.54, 1.807) is 0 Å². The third-order valence-corrected chi connectivity index (χ3v) is 1.41. The molecule has 1 aliphatic rings. The van der Waals surface area contributed by atoms with Crippen molar-refractivity contribution >= 4 is 0 Å². The van der Waals surface area contributed by atoms with Gasteiger partial charge in [-0.05, 0) is 12.8 Å². The Labute approximate surface area is 55.2 Å². The minimum absolute atomic E-state index is 0.544. The van der Waals surface area contributed by atoms with Crippen LogP contribution in [0.3, 0.4) is 0 Å². The van der Waals surface area contributed by atoms with E-state index < -0.39 is 0 Å². The number of nitrogens with zero attached hydrogens (tertiary/aromatic N) is 1. The number of hydrogen-bond donors (Lipinski definition) is 1. The largest absolute Gasteiger partial charge is 0.389 e. The second-order valence-electron chi connectivity index (χ2n) is 2.12. The van der Waals surface area contributed by atoms with Crippen LogP contribution < -0.4 is 5.32 Å². The van der Waals surface area contributed by atoms with Crippen LogP contribution in [0.15, 0.2) is 11.8 Å². The fourth-order valence-electron chi connectivity index (χ4n) is 0.959. The quantitative estimate of drug-likeness (QED) is 0.566. The number of nitriles is 1. The fraction of sp³-hybridized carbons (Fsp3) is 0.571. The molecule has 0 bridgehead atoms. The molecule has 0 spiro atoms. The summed E-state index contributed by atoms with van der Waals surface area (Å²) in [5.41, 5.74) is 1.25. The molecule has 1 aliphatic heterocycles. The smallest absolute Gasteiger partial charge is 0.0664 e. The molecule has 0 radical (unpaired) electrons. The highest BCUT2D eigenvalue weighted by molar-refractivity contribution is 5.06. The van der Waals surface area contributed by atoms with Gasteiger partial charge in [0, 0.05) is 12.2 Å². The first-order valence-corrected chi connectivity index (χ1v) is 3.23. The lowest BCUT2D eigenvalue weighted by Gasteiger charge is -1.92. The summed E-state index contributed by atoms with van der Waals surface area (Å²) in [6, 6.07) is 2.08. The van der Waals surface area contributed by atoms with Gasteiger partial charge in [-0.1, -0.05) is 6.08 Å². The van der Waals surface area contributed by atoms with E-state index in [9.17, 15) is 0 Å². The van der Waals surface area contributed by atoms with E-state index in [1.165, 1.54) is 12.1 Å². The van der Waals surface area contributed by atoms with E-state index in [0.717, 1.165) is 13.0 Å². The zero-order valence-corrected chi connectivity index (χ0v) is 5.35. The number of allylic oxidation sites excluding steroid dienone is 2. The lowest BCUT2D eigenvalue weighted by molar-refractivity contribution is 0.902. The third kappa shape index (κ3) is 1.77. The van der Waals surface area contributed by atoms with Gasteiger partial charge in [0.2, 0.25) is 0 Å². The van der Waals surface area contributed by atoms with Gasteiger partial charge in [-0.15, -0.1) is 0 Å². The van der Waals surface area contributed by atoms with Crippen molar-refractivity contribution in [2.45, 2.75) is 19.3 Å². The molecule has 0 saturated carbocycles. The van der Waals surface area contributed by atoms with Gasteiger partial charge in [-0.3, -0.25) is 0 Å². The second kappa shape index (κ2) is 3.13. The molecule has 1 heterocycles. The molecule has 1 rings (SSSR count). The van der Waals surface area contributed by atoms with Crippen LogP contribution in [-0.4, -0.2) is 6.54 Å². The summed E-state index contributed by atoms with van der Waals surface area (Å²) >= 11 is 0. The Kier molecular flexibility index (Phi) is 2.14. The van der Waals surface area contributed by atoms with Gasteiger partial charge in [0.05, 0.1) is 12.5 Å². The van der Waals surface area contributed by atoms with Crippen molar-refractivity contribution in [2.75, 3.05) is 6.54 Å². The topological polar surface area (TPSA) is 35.8 Å². The molecular weight excluding hydrogens is 112 g/mol. The van der Waals surface area contributed by atoms with Crippen LogP contribution in [0, 0.1) is 11.3 Å². The molecule has 0 atom stereocenters. The van der Waals surface area contributed by atoms with E-state index >= 15 is 0 Å². The van der Waals surface area contributed by atoms with Crippen molar-refractivity contribution in [1.29, 1.82) is 5.26 Å². The van der Waals surface area contributed by atoms with Crippen molar-refractivity contribution in [3.63, 3.8) is 0 Å². The van der Waals surface area contributed by atoms with Crippen LogP contribution in [0.2, 0.25) is 0 Å². The Morgan fingerprint density at radius 3 is 3.22 bits per heavy atom. The summed E-state index contributed by atoms with van der Waals surface area (Å²) in [6.45, 7) is 1.08. The summed E-state index contributed by atoms with van der Waals surface area (Å²) in [6.07, 6.45) is 4.86. The van der Waals surface area contributed by atoms with E-state index in [2.05, 4.69) is 11.4 Å². The predicted molar refractivity (Wildman–Crippen MR) is 35.5 cm³/mol. The zero-order valence-electron chi connectivity index (χ0n) is 5.35. The van der Waals surface area contributed by atoms with Gasteiger partial charge in [0.25, 0.3) is 0 Å². The Morgan fingerprint density at radius 1 is 1.78 bits per heavy atom. The van der Waals surface area contributed by atoms with Crippen LogP contribution in [0.1, 0.15) is 19.3 Å². The van der Waals surface area contributed by atoms with Crippen LogP contribution in [0.5, 0.6) is 0 Å². The normalized spacial score (nSPS) is 21.4. The molecule has 0 unspecified atom stereocenters. The number of rotatable bonds is 1. The van der Waals surface area contributed by atoms with Crippen LogP contribution in [0.4, 0.5) is 0 Å². The molecule has 1 fully saturated rings. The highest BCUT2D eigenvalue weighted by atomic mass is 14.9. The van der Waals surface area contributed by atoms with E-state index in [0.29, 0.717) is 6.42 Å². The monoisotopic (exact) mass is 122 g/mol. The highest BCUT2D eigenvalue weighted by Gasteiger charge is 2.02. The third-order valence-electron chi connectivity index (χ3n) is 1.41. The van der Waals surface area contributed by atoms with Gasteiger partial charge >= 0.3 is 0 Å². The van der Waals surface area contributed by atoms with Gasteiger partial charge in [-0.25, -0.2) is 0 Å². The molecule has 9 heavy (non-hydrogen) atoms. The van der Waals surface area contributed by atoms with E-state index in [1.807, 2.05) is 6.08 Å². The molecule has 0 amide bonds. The average Bonchev–Trinajstić information content (AvgIpc) is 2.34. The first kappa shape index (κ1) is 6.15. The Balaban J connectivity index is 2.33. The van der Waals surface area contributed by atoms with E-state index in [4.69, 9.17) is 5.26 Å². The summed E-state index contributed by atoms with van der Waals surface area (Å²) in [5.74, 6) is 0. The summed E-state index contributed by atoms with van der Waals surface area (Å²) in [4.78, 5) is 0. The Bertz CT molecular complexity index is 145. The molecule has 2 nitrogen and oxygen atoms in total. The Hall–Kier alpha value is -0.970. The van der Waals surface area contributed by atoms with Gasteiger partial charge in [-0.2, -0.15) is 5.26 Å². The molecule has 48 valence electrons. The standard InChI is InChI=1S/C7H10N2/c8-5-1-3-7-4-2-6-9-7/h3,9H,1-2,4,6H2/b7-3-. The number of nitrogens with one attached hydrogen (secondary N) is 1. The average molecular weight is 122 g/mol. The highest BCUT2D eigenvalue weighted by Crippen LogP contribution is 2.08. The van der Waals surface area contributed by atoms with Crippen molar-refractivity contribution in [1.82, 2.24) is 5.32 Å². The molecular formula is C7H10N2. The molecule has 1 N–H and O–H groups in total. The predicted octanol–water partition coefficient (Wildman–Crippen LogP) is 1.17. The van der Waals surface area contributed by atoms with Gasteiger partial charge in [0.15, 0.2) is 0 Å². The minimum Gasteiger partial charge on any atom is -0.389 e. The van der Waals surface area contributed by atoms with Gasteiger partial charge < -0.3 is 5.32 Å². The van der Waals surface area contributed by atoms with Crippen LogP contribution in [-0.2, 0) is 0 Å². The van der Waals surface area contributed by atoms with Crippen molar-refractivity contribution < 1.29 is 0 Å². The molecule has 0 aromatic heterocycles. The summed E-state index contributed by atoms with van der Waals surface area (Å²) in [7, 11) is 0. The molecule has 0 aliphatic carbocycles.